The van der Waals surface area contributed by atoms with Gasteiger partial charge in [-0.15, -0.1) is 0 Å². The van der Waals surface area contributed by atoms with Crippen LogP contribution in [0.3, 0.4) is 0 Å². The summed E-state index contributed by atoms with van der Waals surface area (Å²) in [5, 5.41) is 1.62. The van der Waals surface area contributed by atoms with Crippen molar-refractivity contribution in [3.8, 4) is 0 Å². The van der Waals surface area contributed by atoms with Crippen molar-refractivity contribution >= 4 is 28.4 Å². The topological polar surface area (TPSA) is 50.3 Å². The highest BCUT2D eigenvalue weighted by Crippen LogP contribution is 2.32. The summed E-state index contributed by atoms with van der Waals surface area (Å²) < 4.78 is 0. The molecule has 2 aromatic carbocycles. The summed E-state index contributed by atoms with van der Waals surface area (Å²) in [4.78, 5) is 31.1. The molecule has 1 aromatic heterocycles. The number of imide groups is 1. The quantitative estimate of drug-likeness (QED) is 0.645. The minimum Gasteiger partial charge on any atom is -0.268 e. The molecule has 22 heavy (non-hydrogen) atoms. The van der Waals surface area contributed by atoms with Crippen LogP contribution in [-0.2, 0) is 0 Å². The fourth-order valence-corrected chi connectivity index (χ4v) is 2.93. The second-order valence-corrected chi connectivity index (χ2v) is 5.30. The van der Waals surface area contributed by atoms with Gasteiger partial charge in [0.25, 0.3) is 11.8 Å². The number of carbonyl (C=O) groups excluding carboxylic acids is 2. The molecule has 0 saturated heterocycles. The molecule has 1 aliphatic heterocycles. The Balaban J connectivity index is 2.02. The summed E-state index contributed by atoms with van der Waals surface area (Å²) in [7, 11) is 0. The number of hydrogen-bond acceptors (Lipinski definition) is 3. The van der Waals surface area contributed by atoms with Gasteiger partial charge in [-0.3, -0.25) is 9.59 Å². The normalized spacial score (nSPS) is 13.8. The third-order valence-corrected chi connectivity index (χ3v) is 3.97. The molecule has 0 N–H and O–H groups in total. The summed E-state index contributed by atoms with van der Waals surface area (Å²) in [5.74, 6) is -0.254. The largest absolute Gasteiger partial charge is 0.268 e. The number of rotatable bonds is 1. The summed E-state index contributed by atoms with van der Waals surface area (Å²) in [5.41, 5.74) is 1.87. The van der Waals surface area contributed by atoms with Gasteiger partial charge >= 0.3 is 0 Å². The second kappa shape index (κ2) is 4.49. The molecule has 106 valence electrons. The van der Waals surface area contributed by atoms with E-state index >= 15 is 0 Å². The summed E-state index contributed by atoms with van der Waals surface area (Å²) >= 11 is 0. The number of hydrogen-bond donors (Lipinski definition) is 0. The zero-order chi connectivity index (χ0) is 15.3. The SMILES string of the molecule is Cc1cccnc1N1C(=O)c2cccc3cccc(c23)C1=O. The number of anilines is 1. The Kier molecular flexibility index (Phi) is 2.60. The molecule has 2 amide bonds. The third kappa shape index (κ3) is 1.61. The molecule has 0 radical (unpaired) electrons. The maximum Gasteiger partial charge on any atom is 0.267 e. The van der Waals surface area contributed by atoms with Gasteiger partial charge in [-0.2, -0.15) is 0 Å². The molecule has 3 aromatic rings. The van der Waals surface area contributed by atoms with Gasteiger partial charge in [0.05, 0.1) is 0 Å². The van der Waals surface area contributed by atoms with E-state index in [2.05, 4.69) is 4.98 Å². The monoisotopic (exact) mass is 288 g/mol. The van der Waals surface area contributed by atoms with Crippen molar-refractivity contribution in [2.24, 2.45) is 0 Å². The van der Waals surface area contributed by atoms with Gasteiger partial charge < -0.3 is 0 Å². The molecule has 0 unspecified atom stereocenters. The molecular formula is C18H12N2O2. The molecule has 2 heterocycles. The van der Waals surface area contributed by atoms with Crippen molar-refractivity contribution in [1.82, 2.24) is 4.98 Å². The van der Waals surface area contributed by atoms with Gasteiger partial charge in [0.15, 0.2) is 0 Å². The Morgan fingerprint density at radius 3 is 2.09 bits per heavy atom. The number of nitrogens with zero attached hydrogens (tertiary/aromatic N) is 2. The van der Waals surface area contributed by atoms with Crippen LogP contribution in [-0.4, -0.2) is 16.8 Å². The van der Waals surface area contributed by atoms with E-state index in [1.807, 2.05) is 37.3 Å². The summed E-state index contributed by atoms with van der Waals surface area (Å²) in [6, 6.07) is 14.6. The number of aromatic nitrogens is 1. The number of pyridine rings is 1. The Labute approximate surface area is 127 Å². The van der Waals surface area contributed by atoms with Crippen molar-refractivity contribution < 1.29 is 9.59 Å². The molecule has 4 heteroatoms. The predicted octanol–water partition coefficient (Wildman–Crippen LogP) is 3.34. The van der Waals surface area contributed by atoms with Crippen LogP contribution in [0.2, 0.25) is 0 Å². The Morgan fingerprint density at radius 1 is 0.864 bits per heavy atom. The first kappa shape index (κ1) is 12.7. The Bertz CT molecular complexity index is 896. The molecule has 0 aliphatic carbocycles. The fraction of sp³-hybridized carbons (Fsp3) is 0.0556. The van der Waals surface area contributed by atoms with Crippen molar-refractivity contribution in [3.05, 3.63) is 71.4 Å². The summed E-state index contributed by atoms with van der Waals surface area (Å²) in [6.07, 6.45) is 1.59. The lowest BCUT2D eigenvalue weighted by atomic mass is 9.94. The van der Waals surface area contributed by atoms with Gasteiger partial charge in [-0.25, -0.2) is 9.88 Å². The highest BCUT2D eigenvalue weighted by atomic mass is 16.2. The predicted molar refractivity (Wildman–Crippen MR) is 84.1 cm³/mol. The van der Waals surface area contributed by atoms with Crippen molar-refractivity contribution in [2.45, 2.75) is 6.92 Å². The van der Waals surface area contributed by atoms with Crippen LogP contribution in [0.15, 0.2) is 54.7 Å². The van der Waals surface area contributed by atoms with E-state index < -0.39 is 0 Å². The van der Waals surface area contributed by atoms with Crippen molar-refractivity contribution in [2.75, 3.05) is 4.90 Å². The van der Waals surface area contributed by atoms with E-state index in [1.165, 1.54) is 4.90 Å². The first-order chi connectivity index (χ1) is 10.7. The van der Waals surface area contributed by atoms with E-state index in [-0.39, 0.29) is 11.8 Å². The van der Waals surface area contributed by atoms with Gasteiger partial charge in [0, 0.05) is 22.7 Å². The second-order valence-electron chi connectivity index (χ2n) is 5.30. The lowest BCUT2D eigenvalue weighted by molar-refractivity contribution is 0.0892. The van der Waals surface area contributed by atoms with Crippen molar-refractivity contribution in [3.63, 3.8) is 0 Å². The number of benzene rings is 2. The van der Waals surface area contributed by atoms with Crippen LogP contribution in [0.4, 0.5) is 5.82 Å². The molecule has 0 bridgehead atoms. The van der Waals surface area contributed by atoms with Crippen LogP contribution in [0.1, 0.15) is 26.3 Å². The lowest BCUT2D eigenvalue weighted by Gasteiger charge is -2.27. The molecule has 0 spiro atoms. The van der Waals surface area contributed by atoms with Crippen LogP contribution in [0.25, 0.3) is 10.8 Å². The van der Waals surface area contributed by atoms with E-state index in [4.69, 9.17) is 0 Å². The van der Waals surface area contributed by atoms with Crippen LogP contribution < -0.4 is 4.90 Å². The van der Waals surface area contributed by atoms with Gasteiger partial charge in [-0.05, 0) is 36.1 Å². The van der Waals surface area contributed by atoms with Gasteiger partial charge in [0.2, 0.25) is 0 Å². The maximum absolute atomic E-state index is 12.8. The molecule has 0 fully saturated rings. The first-order valence-corrected chi connectivity index (χ1v) is 7.00. The lowest BCUT2D eigenvalue weighted by Crippen LogP contribution is -2.41. The highest BCUT2D eigenvalue weighted by Gasteiger charge is 2.35. The van der Waals surface area contributed by atoms with Crippen molar-refractivity contribution in [1.29, 1.82) is 0 Å². The number of amides is 2. The van der Waals surface area contributed by atoms with E-state index in [9.17, 15) is 9.59 Å². The van der Waals surface area contributed by atoms with Crippen LogP contribution >= 0.6 is 0 Å². The molecular weight excluding hydrogens is 276 g/mol. The van der Waals surface area contributed by atoms with Gasteiger partial charge in [-0.1, -0.05) is 30.3 Å². The average Bonchev–Trinajstić information content (AvgIpc) is 2.54. The minimum absolute atomic E-state index is 0.323. The highest BCUT2D eigenvalue weighted by molar-refractivity contribution is 6.35. The summed E-state index contributed by atoms with van der Waals surface area (Å²) in [6.45, 7) is 1.84. The Morgan fingerprint density at radius 2 is 1.50 bits per heavy atom. The zero-order valence-electron chi connectivity index (χ0n) is 11.9. The zero-order valence-corrected chi connectivity index (χ0v) is 11.9. The maximum atomic E-state index is 12.8. The Hall–Kier alpha value is -3.01. The minimum atomic E-state index is -0.323. The van der Waals surface area contributed by atoms with E-state index in [0.717, 1.165) is 16.3 Å². The van der Waals surface area contributed by atoms with Crippen LogP contribution in [0, 0.1) is 6.92 Å². The van der Waals surface area contributed by atoms with E-state index in [0.29, 0.717) is 16.9 Å². The van der Waals surface area contributed by atoms with E-state index in [1.54, 1.807) is 24.4 Å². The number of aryl methyl sites for hydroxylation is 1. The third-order valence-electron chi connectivity index (χ3n) is 3.97. The molecule has 4 rings (SSSR count). The average molecular weight is 288 g/mol. The molecule has 1 aliphatic rings. The molecule has 0 atom stereocenters. The first-order valence-electron chi connectivity index (χ1n) is 7.00. The number of carbonyl (C=O) groups is 2. The molecule has 4 nitrogen and oxygen atoms in total. The van der Waals surface area contributed by atoms with Gasteiger partial charge in [0.1, 0.15) is 5.82 Å². The standard InChI is InChI=1S/C18H12N2O2/c1-11-5-4-10-19-16(11)20-17(21)13-8-2-6-12-7-3-9-14(15(12)13)18(20)22/h2-10H,1H3. The molecule has 0 saturated carbocycles. The van der Waals surface area contributed by atoms with Crippen LogP contribution in [0.5, 0.6) is 0 Å². The smallest absolute Gasteiger partial charge is 0.267 e. The fourth-order valence-electron chi connectivity index (χ4n) is 2.93.